The SMILES string of the molecule is CCOc1ccccc1NC(=O)NCc1ccc(C(=O)c2ccsc2)s1. The van der Waals surface area contributed by atoms with Crippen LogP contribution in [0.4, 0.5) is 10.5 Å². The van der Waals surface area contributed by atoms with E-state index in [1.807, 2.05) is 41.9 Å². The number of nitrogens with one attached hydrogen (secondary N) is 2. The van der Waals surface area contributed by atoms with Gasteiger partial charge < -0.3 is 15.4 Å². The summed E-state index contributed by atoms with van der Waals surface area (Å²) in [6.45, 7) is 2.77. The van der Waals surface area contributed by atoms with Crippen molar-refractivity contribution in [2.75, 3.05) is 11.9 Å². The van der Waals surface area contributed by atoms with Crippen LogP contribution in [-0.4, -0.2) is 18.4 Å². The van der Waals surface area contributed by atoms with Crippen LogP contribution in [0, 0.1) is 0 Å². The minimum atomic E-state index is -0.323. The molecule has 0 saturated heterocycles. The molecule has 134 valence electrons. The topological polar surface area (TPSA) is 67.4 Å². The fraction of sp³-hybridized carbons (Fsp3) is 0.158. The minimum Gasteiger partial charge on any atom is -0.492 e. The lowest BCUT2D eigenvalue weighted by Gasteiger charge is -2.11. The first-order chi connectivity index (χ1) is 12.7. The van der Waals surface area contributed by atoms with E-state index in [1.165, 1.54) is 22.7 Å². The highest BCUT2D eigenvalue weighted by Crippen LogP contribution is 2.24. The number of amides is 2. The van der Waals surface area contributed by atoms with Gasteiger partial charge in [-0.2, -0.15) is 11.3 Å². The average Bonchev–Trinajstić information content (AvgIpc) is 3.33. The second kappa shape index (κ2) is 8.64. The lowest BCUT2D eigenvalue weighted by Crippen LogP contribution is -2.28. The maximum absolute atomic E-state index is 12.3. The van der Waals surface area contributed by atoms with E-state index in [4.69, 9.17) is 4.74 Å². The second-order valence-electron chi connectivity index (χ2n) is 5.34. The standard InChI is InChI=1S/C19H18N2O3S2/c1-2-24-16-6-4-3-5-15(16)21-19(23)20-11-14-7-8-17(26-14)18(22)13-9-10-25-12-13/h3-10,12H,2,11H2,1H3,(H2,20,21,23). The number of carbonyl (C=O) groups is 2. The molecular formula is C19H18N2O3S2. The normalized spacial score (nSPS) is 10.3. The van der Waals surface area contributed by atoms with Gasteiger partial charge in [-0.1, -0.05) is 12.1 Å². The maximum Gasteiger partial charge on any atom is 0.319 e. The summed E-state index contributed by atoms with van der Waals surface area (Å²) in [6, 6.07) is 12.4. The van der Waals surface area contributed by atoms with Crippen LogP contribution in [0.1, 0.15) is 27.0 Å². The molecule has 0 fully saturated rings. The number of hydrogen-bond donors (Lipinski definition) is 2. The number of urea groups is 1. The van der Waals surface area contributed by atoms with Crippen LogP contribution in [0.5, 0.6) is 5.75 Å². The molecule has 7 heteroatoms. The number of thiophene rings is 2. The van der Waals surface area contributed by atoms with E-state index in [9.17, 15) is 9.59 Å². The van der Waals surface area contributed by atoms with Gasteiger partial charge in [0.2, 0.25) is 5.78 Å². The van der Waals surface area contributed by atoms with Gasteiger partial charge in [0.15, 0.2) is 0 Å². The quantitative estimate of drug-likeness (QED) is 0.575. The van der Waals surface area contributed by atoms with Crippen LogP contribution in [0.25, 0.3) is 0 Å². The summed E-state index contributed by atoms with van der Waals surface area (Å²) in [4.78, 5) is 26.0. The van der Waals surface area contributed by atoms with Gasteiger partial charge in [-0.3, -0.25) is 4.79 Å². The summed E-state index contributed by atoms with van der Waals surface area (Å²) < 4.78 is 5.49. The van der Waals surface area contributed by atoms with Gasteiger partial charge in [0.1, 0.15) is 5.75 Å². The summed E-state index contributed by atoms with van der Waals surface area (Å²) in [5, 5.41) is 9.30. The van der Waals surface area contributed by atoms with Gasteiger partial charge in [-0.25, -0.2) is 4.79 Å². The third-order valence-corrected chi connectivity index (χ3v) is 5.29. The first-order valence-corrected chi connectivity index (χ1v) is 9.85. The van der Waals surface area contributed by atoms with E-state index in [0.29, 0.717) is 35.0 Å². The summed E-state index contributed by atoms with van der Waals surface area (Å²) >= 11 is 2.88. The fourth-order valence-electron chi connectivity index (χ4n) is 2.32. The molecule has 0 radical (unpaired) electrons. The third kappa shape index (κ3) is 4.50. The van der Waals surface area contributed by atoms with Crippen molar-refractivity contribution in [1.29, 1.82) is 0 Å². The Kier molecular flexibility index (Phi) is 6.04. The highest BCUT2D eigenvalue weighted by Gasteiger charge is 2.13. The Hall–Kier alpha value is -2.64. The Bertz CT molecular complexity index is 888. The zero-order chi connectivity index (χ0) is 18.4. The van der Waals surface area contributed by atoms with Crippen LogP contribution >= 0.6 is 22.7 Å². The monoisotopic (exact) mass is 386 g/mol. The predicted molar refractivity (Wildman–Crippen MR) is 106 cm³/mol. The van der Waals surface area contributed by atoms with Crippen molar-refractivity contribution < 1.29 is 14.3 Å². The molecule has 3 rings (SSSR count). The first-order valence-electron chi connectivity index (χ1n) is 8.09. The molecule has 2 aromatic heterocycles. The van der Waals surface area contributed by atoms with Crippen LogP contribution in [-0.2, 0) is 6.54 Å². The first kappa shape index (κ1) is 18.2. The molecule has 2 heterocycles. The molecule has 1 aromatic carbocycles. The number of rotatable bonds is 7. The number of benzene rings is 1. The smallest absolute Gasteiger partial charge is 0.319 e. The van der Waals surface area contributed by atoms with Crippen molar-refractivity contribution in [1.82, 2.24) is 5.32 Å². The molecule has 2 N–H and O–H groups in total. The summed E-state index contributed by atoms with van der Waals surface area (Å²) in [6.07, 6.45) is 0. The number of ether oxygens (including phenoxy) is 1. The third-order valence-electron chi connectivity index (χ3n) is 3.53. The second-order valence-corrected chi connectivity index (χ2v) is 7.29. The highest BCUT2D eigenvalue weighted by molar-refractivity contribution is 7.14. The molecule has 0 saturated carbocycles. The van der Waals surface area contributed by atoms with Gasteiger partial charge in [0, 0.05) is 15.8 Å². The van der Waals surface area contributed by atoms with Crippen molar-refractivity contribution >= 4 is 40.2 Å². The van der Waals surface area contributed by atoms with Crippen molar-refractivity contribution in [3.8, 4) is 5.75 Å². The van der Waals surface area contributed by atoms with Gasteiger partial charge in [0.05, 0.1) is 23.7 Å². The number of anilines is 1. The molecule has 5 nitrogen and oxygen atoms in total. The number of carbonyl (C=O) groups excluding carboxylic acids is 2. The molecular weight excluding hydrogens is 368 g/mol. The molecule has 0 aliphatic rings. The van der Waals surface area contributed by atoms with E-state index in [0.717, 1.165) is 4.88 Å². The molecule has 0 aliphatic carbocycles. The van der Waals surface area contributed by atoms with Gasteiger partial charge in [-0.15, -0.1) is 11.3 Å². The fourth-order valence-corrected chi connectivity index (χ4v) is 3.86. The Morgan fingerprint density at radius 2 is 1.96 bits per heavy atom. The number of hydrogen-bond acceptors (Lipinski definition) is 5. The van der Waals surface area contributed by atoms with Crippen molar-refractivity contribution in [2.24, 2.45) is 0 Å². The van der Waals surface area contributed by atoms with Crippen molar-refractivity contribution in [3.05, 3.63) is 68.5 Å². The Morgan fingerprint density at radius 1 is 1.12 bits per heavy atom. The highest BCUT2D eigenvalue weighted by atomic mass is 32.1. The molecule has 0 spiro atoms. The minimum absolute atomic E-state index is 0.0117. The lowest BCUT2D eigenvalue weighted by molar-refractivity contribution is 0.104. The Morgan fingerprint density at radius 3 is 2.73 bits per heavy atom. The van der Waals surface area contributed by atoms with Gasteiger partial charge >= 0.3 is 6.03 Å². The van der Waals surface area contributed by atoms with Crippen LogP contribution in [0.3, 0.4) is 0 Å². The van der Waals surface area contributed by atoms with Crippen molar-refractivity contribution in [2.45, 2.75) is 13.5 Å². The Balaban J connectivity index is 1.56. The zero-order valence-electron chi connectivity index (χ0n) is 14.2. The Labute approximate surface area is 159 Å². The van der Waals surface area contributed by atoms with E-state index in [1.54, 1.807) is 18.2 Å². The maximum atomic E-state index is 12.3. The molecule has 0 unspecified atom stereocenters. The van der Waals surface area contributed by atoms with Crippen LogP contribution < -0.4 is 15.4 Å². The van der Waals surface area contributed by atoms with E-state index < -0.39 is 0 Å². The van der Waals surface area contributed by atoms with E-state index in [-0.39, 0.29) is 11.8 Å². The van der Waals surface area contributed by atoms with Gasteiger partial charge in [-0.05, 0) is 42.6 Å². The molecule has 3 aromatic rings. The van der Waals surface area contributed by atoms with Gasteiger partial charge in [0.25, 0.3) is 0 Å². The number of para-hydroxylation sites is 2. The van der Waals surface area contributed by atoms with E-state index in [2.05, 4.69) is 10.6 Å². The summed E-state index contributed by atoms with van der Waals surface area (Å²) in [5.74, 6) is 0.641. The van der Waals surface area contributed by atoms with Crippen LogP contribution in [0.2, 0.25) is 0 Å². The summed E-state index contributed by atoms with van der Waals surface area (Å²) in [7, 11) is 0. The summed E-state index contributed by atoms with van der Waals surface area (Å²) in [5.41, 5.74) is 1.31. The van der Waals surface area contributed by atoms with Crippen LogP contribution in [0.15, 0.2) is 53.2 Å². The largest absolute Gasteiger partial charge is 0.492 e. The molecule has 2 amide bonds. The van der Waals surface area contributed by atoms with Crippen molar-refractivity contribution in [3.63, 3.8) is 0 Å². The molecule has 0 aliphatic heterocycles. The zero-order valence-corrected chi connectivity index (χ0v) is 15.8. The number of ketones is 1. The van der Waals surface area contributed by atoms with E-state index >= 15 is 0 Å². The average molecular weight is 386 g/mol. The lowest BCUT2D eigenvalue weighted by atomic mass is 10.2. The predicted octanol–water partition coefficient (Wildman–Crippen LogP) is 4.76. The molecule has 0 atom stereocenters. The molecule has 0 bridgehead atoms. The molecule has 26 heavy (non-hydrogen) atoms.